The quantitative estimate of drug-likeness (QED) is 0.262. The average Bonchev–Trinajstić information content (AvgIpc) is 3.24. The summed E-state index contributed by atoms with van der Waals surface area (Å²) in [5.41, 5.74) is 7.68. The molecule has 0 amide bonds. The van der Waals surface area contributed by atoms with Crippen molar-refractivity contribution in [2.24, 2.45) is 17.8 Å². The van der Waals surface area contributed by atoms with Crippen molar-refractivity contribution in [3.8, 4) is 6.07 Å². The zero-order valence-corrected chi connectivity index (χ0v) is 19.4. The molecule has 8 nitrogen and oxygen atoms in total. The number of nitrogens with zero attached hydrogens (tertiary/aromatic N) is 6. The van der Waals surface area contributed by atoms with Crippen molar-refractivity contribution in [1.82, 2.24) is 14.7 Å². The third-order valence-corrected chi connectivity index (χ3v) is 6.02. The van der Waals surface area contributed by atoms with Gasteiger partial charge in [0.25, 0.3) is 0 Å². The summed E-state index contributed by atoms with van der Waals surface area (Å²) in [6.07, 6.45) is 3.23. The van der Waals surface area contributed by atoms with Crippen LogP contribution in [-0.2, 0) is 11.8 Å². The molecule has 180 valence electrons. The largest absolute Gasteiger partial charge is 0.354 e. The van der Waals surface area contributed by atoms with E-state index in [1.807, 2.05) is 31.4 Å². The number of halogens is 2. The number of anilines is 1. The van der Waals surface area contributed by atoms with Crippen LogP contribution in [0.4, 0.5) is 14.5 Å². The number of fused-ring (bicyclic) bond motifs is 1. The number of aliphatic imine (C=N–C) groups is 1. The maximum Gasteiger partial charge on any atom is 0.205 e. The summed E-state index contributed by atoms with van der Waals surface area (Å²) in [6.45, 7) is 0.864. The number of aromatic nitrogens is 2. The highest BCUT2D eigenvalue weighted by molar-refractivity contribution is 6.10. The van der Waals surface area contributed by atoms with E-state index >= 15 is 0 Å². The molecule has 10 heteroatoms. The molecule has 0 spiro atoms. The number of rotatable bonds is 5. The fourth-order valence-electron chi connectivity index (χ4n) is 4.08. The smallest absolute Gasteiger partial charge is 0.205 e. The monoisotopic (exact) mass is 477 g/mol. The van der Waals surface area contributed by atoms with Gasteiger partial charge in [0.05, 0.1) is 11.1 Å². The number of nitrogens with two attached hydrogens (primary N) is 1. The van der Waals surface area contributed by atoms with Crippen molar-refractivity contribution >= 4 is 28.7 Å². The molecular formula is C25H25F2N7O. The molecule has 0 aliphatic carbocycles. The lowest BCUT2D eigenvalue weighted by Gasteiger charge is -2.32. The number of hydrogen-bond donors (Lipinski definition) is 1. The lowest BCUT2D eigenvalue weighted by atomic mass is 10.1. The van der Waals surface area contributed by atoms with Gasteiger partial charge in [-0.2, -0.15) is 14.8 Å². The summed E-state index contributed by atoms with van der Waals surface area (Å²) in [5, 5.41) is 14.4. The Kier molecular flexibility index (Phi) is 6.89. The predicted molar refractivity (Wildman–Crippen MR) is 130 cm³/mol. The molecular weight excluding hydrogens is 452 g/mol. The molecule has 0 bridgehead atoms. The van der Waals surface area contributed by atoms with E-state index in [4.69, 9.17) is 11.0 Å². The Morgan fingerprint density at radius 2 is 2.03 bits per heavy atom. The number of amidine groups is 1. The summed E-state index contributed by atoms with van der Waals surface area (Å²) in [7, 11) is 3.54. The van der Waals surface area contributed by atoms with Gasteiger partial charge in [-0.1, -0.05) is 0 Å². The van der Waals surface area contributed by atoms with Crippen LogP contribution >= 0.6 is 0 Å². The number of nitriles is 1. The van der Waals surface area contributed by atoms with Gasteiger partial charge < -0.3 is 15.5 Å². The molecule has 0 unspecified atom stereocenters. The first-order valence-corrected chi connectivity index (χ1v) is 11.1. The second-order valence-electron chi connectivity index (χ2n) is 8.46. The fraction of sp³-hybridized carbons (Fsp3) is 0.280. The molecule has 1 aromatic heterocycles. The van der Waals surface area contributed by atoms with E-state index in [0.29, 0.717) is 37.2 Å². The van der Waals surface area contributed by atoms with Gasteiger partial charge in [-0.05, 0) is 49.2 Å². The Morgan fingerprint density at radius 3 is 2.69 bits per heavy atom. The van der Waals surface area contributed by atoms with Gasteiger partial charge in [-0.3, -0.25) is 9.48 Å². The summed E-state index contributed by atoms with van der Waals surface area (Å²) in [5.74, 6) is -1.68. The topological polar surface area (TPSA) is 104 Å². The minimum absolute atomic E-state index is 0.00301. The molecule has 2 aromatic carbocycles. The van der Waals surface area contributed by atoms with Crippen LogP contribution in [0.25, 0.3) is 10.9 Å². The lowest BCUT2D eigenvalue weighted by molar-refractivity contribution is -0.106. The molecule has 35 heavy (non-hydrogen) atoms. The molecule has 1 fully saturated rings. The number of likely N-dealkylation sites (tertiary alicyclic amines) is 1. The van der Waals surface area contributed by atoms with Crippen LogP contribution in [0.2, 0.25) is 0 Å². The van der Waals surface area contributed by atoms with Crippen LogP contribution in [0, 0.1) is 17.1 Å². The van der Waals surface area contributed by atoms with Gasteiger partial charge in [0.1, 0.15) is 17.7 Å². The summed E-state index contributed by atoms with van der Waals surface area (Å²) >= 11 is 0. The Morgan fingerprint density at radius 1 is 1.29 bits per heavy atom. The Balaban J connectivity index is 1.85. The van der Waals surface area contributed by atoms with Crippen molar-refractivity contribution in [2.45, 2.75) is 18.9 Å². The van der Waals surface area contributed by atoms with Crippen molar-refractivity contribution in [3.63, 3.8) is 0 Å². The molecule has 1 aliphatic rings. The average molecular weight is 478 g/mol. The van der Waals surface area contributed by atoms with E-state index in [1.54, 1.807) is 33.7 Å². The van der Waals surface area contributed by atoms with E-state index in [2.05, 4.69) is 10.1 Å². The lowest BCUT2D eigenvalue weighted by Crippen LogP contribution is -2.40. The first kappa shape index (κ1) is 24.0. The van der Waals surface area contributed by atoms with Crippen molar-refractivity contribution in [2.75, 3.05) is 25.0 Å². The first-order valence-electron chi connectivity index (χ1n) is 11.1. The third-order valence-electron chi connectivity index (χ3n) is 6.02. The fourth-order valence-corrected chi connectivity index (χ4v) is 4.08. The molecule has 0 radical (unpaired) electrons. The van der Waals surface area contributed by atoms with Crippen LogP contribution in [0.3, 0.4) is 0 Å². The molecule has 2 heterocycles. The van der Waals surface area contributed by atoms with Crippen molar-refractivity contribution in [3.05, 3.63) is 71.2 Å². The number of carbonyl (C=O) groups is 1. The highest BCUT2D eigenvalue weighted by Crippen LogP contribution is 2.26. The number of aryl methyl sites for hydroxylation is 1. The van der Waals surface area contributed by atoms with Crippen LogP contribution in [0.5, 0.6) is 0 Å². The minimum Gasteiger partial charge on any atom is -0.354 e. The minimum atomic E-state index is -1.02. The second kappa shape index (κ2) is 10.0. The maximum atomic E-state index is 14.8. The number of benzene rings is 2. The van der Waals surface area contributed by atoms with E-state index in [1.165, 1.54) is 12.1 Å². The summed E-state index contributed by atoms with van der Waals surface area (Å²) in [6, 6.07) is 11.4. The molecule has 1 aliphatic heterocycles. The van der Waals surface area contributed by atoms with Crippen LogP contribution in [0.1, 0.15) is 24.0 Å². The molecule has 0 saturated carbocycles. The van der Waals surface area contributed by atoms with Gasteiger partial charge in [-0.25, -0.2) is 9.38 Å². The molecule has 3 aromatic rings. The zero-order chi connectivity index (χ0) is 25.1. The van der Waals surface area contributed by atoms with Crippen molar-refractivity contribution in [1.29, 1.82) is 5.26 Å². The summed E-state index contributed by atoms with van der Waals surface area (Å²) < 4.78 is 31.1. The van der Waals surface area contributed by atoms with Gasteiger partial charge in [0.15, 0.2) is 12.1 Å². The molecule has 2 N–H and O–H groups in total. The van der Waals surface area contributed by atoms with Crippen LogP contribution in [-0.4, -0.2) is 53.0 Å². The normalized spacial score (nSPS) is 15.7. The number of aldehydes is 1. The number of carbonyl (C=O) groups excluding carboxylic acids is 1. The van der Waals surface area contributed by atoms with E-state index < -0.39 is 11.6 Å². The number of piperidine rings is 1. The molecule has 1 saturated heterocycles. The Labute approximate surface area is 201 Å². The van der Waals surface area contributed by atoms with E-state index in [9.17, 15) is 13.6 Å². The maximum absolute atomic E-state index is 14.8. The number of hydrogen-bond acceptors (Lipinski definition) is 6. The Bertz CT molecular complexity index is 1360. The summed E-state index contributed by atoms with van der Waals surface area (Å²) in [4.78, 5) is 19.3. The second-order valence-corrected chi connectivity index (χ2v) is 8.46. The highest BCUT2D eigenvalue weighted by Gasteiger charge is 2.24. The molecule has 0 atom stereocenters. The highest BCUT2D eigenvalue weighted by atomic mass is 19.1. The molecule has 4 rings (SSSR count). The number of allylic oxidation sites excluding steroid dienone is 1. The van der Waals surface area contributed by atoms with Gasteiger partial charge >= 0.3 is 0 Å². The Hall–Kier alpha value is -4.10. The van der Waals surface area contributed by atoms with Gasteiger partial charge in [-0.15, -0.1) is 0 Å². The third kappa shape index (κ3) is 5.05. The first-order chi connectivity index (χ1) is 16.8. The van der Waals surface area contributed by atoms with Gasteiger partial charge in [0.2, 0.25) is 5.83 Å². The predicted octanol–water partition coefficient (Wildman–Crippen LogP) is 3.23. The van der Waals surface area contributed by atoms with Crippen LogP contribution < -0.4 is 10.6 Å². The van der Waals surface area contributed by atoms with Gasteiger partial charge in [0, 0.05) is 56.1 Å². The van der Waals surface area contributed by atoms with Crippen molar-refractivity contribution < 1.29 is 13.6 Å². The zero-order valence-electron chi connectivity index (χ0n) is 19.4. The van der Waals surface area contributed by atoms with Crippen LogP contribution in [0.15, 0.2) is 59.2 Å². The SMILES string of the molecule is CN(/C(=N\C(=C(\F)C=O)N1CCC(N)CC1)c1ccc(C#N)c(F)c1)c1ccc2nn(C)cc2c1. The van der Waals surface area contributed by atoms with E-state index in [0.717, 1.165) is 10.9 Å². The van der Waals surface area contributed by atoms with E-state index in [-0.39, 0.29) is 29.5 Å². The standard InChI is InChI=1S/C25H25F2N7O/c1-32-14-18-11-20(5-6-23(18)31-32)33(2)24(16-3-4-17(13-28)21(26)12-16)30-25(22(27)15-35)34-9-7-19(29)8-10-34/h3-6,11-12,14-15,19H,7-10,29H2,1-2H3/b25-22-,30-24-.